The smallest absolute Gasteiger partial charge is 0.411 e. The van der Waals surface area contributed by atoms with E-state index in [2.05, 4.69) is 20.2 Å². The molecule has 0 aliphatic heterocycles. The summed E-state index contributed by atoms with van der Waals surface area (Å²) in [5.41, 5.74) is 3.31. The molecule has 30 heavy (non-hydrogen) atoms. The van der Waals surface area contributed by atoms with Crippen LogP contribution in [0.5, 0.6) is 0 Å². The lowest BCUT2D eigenvalue weighted by atomic mass is 10.1. The minimum Gasteiger partial charge on any atom is -0.411 e. The number of aryl methyl sites for hydroxylation is 1. The highest BCUT2D eigenvalue weighted by Gasteiger charge is 2.32. The fourth-order valence-electron chi connectivity index (χ4n) is 3.63. The number of rotatable bonds is 2. The molecule has 9 heteroatoms. The second kappa shape index (κ2) is 6.65. The maximum absolute atomic E-state index is 13.1. The van der Waals surface area contributed by atoms with Crippen LogP contribution in [-0.2, 0) is 12.6 Å². The van der Waals surface area contributed by atoms with E-state index in [9.17, 15) is 18.4 Å². The van der Waals surface area contributed by atoms with Gasteiger partial charge in [-0.25, -0.2) is 14.6 Å². The molecule has 0 amide bonds. The molecule has 150 valence electrons. The van der Waals surface area contributed by atoms with Crippen LogP contribution in [0.2, 0.25) is 0 Å². The predicted molar refractivity (Wildman–Crippen MR) is 104 cm³/mol. The Morgan fingerprint density at radius 3 is 2.67 bits per heavy atom. The first kappa shape index (κ1) is 18.3. The van der Waals surface area contributed by atoms with Crippen LogP contribution in [0.4, 0.5) is 13.2 Å². The Hall–Kier alpha value is -3.75. The lowest BCUT2D eigenvalue weighted by Crippen LogP contribution is -2.10. The number of fused-ring (bicyclic) bond motifs is 2. The summed E-state index contributed by atoms with van der Waals surface area (Å²) in [4.78, 5) is 8.35. The summed E-state index contributed by atoms with van der Waals surface area (Å²) in [6.45, 7) is 0. The van der Waals surface area contributed by atoms with Crippen LogP contribution in [0.25, 0.3) is 28.0 Å². The molecule has 1 aliphatic carbocycles. The molecule has 0 bridgehead atoms. The van der Waals surface area contributed by atoms with Gasteiger partial charge in [-0.3, -0.25) is 0 Å². The van der Waals surface area contributed by atoms with Crippen molar-refractivity contribution in [2.24, 2.45) is 5.16 Å². The number of halogens is 3. The number of pyridine rings is 2. The summed E-state index contributed by atoms with van der Waals surface area (Å²) >= 11 is 0. The molecule has 3 heterocycles. The average molecular weight is 409 g/mol. The van der Waals surface area contributed by atoms with Crippen LogP contribution in [0.3, 0.4) is 0 Å². The number of hydrogen-bond donors (Lipinski definition) is 1. The fourth-order valence-corrected chi connectivity index (χ4v) is 3.63. The standard InChI is InChI=1S/C21H14F3N5O/c22-21(23,24)18-2-1-3-19(27-18)29-17-10-13(4-5-14(17)11-25-29)15-8-6-12-7-9-16(28-30)20(12)26-15/h1-6,8,10-11,30H,7,9H2/b28-16+. The van der Waals surface area contributed by atoms with E-state index in [-0.39, 0.29) is 5.82 Å². The molecule has 0 radical (unpaired) electrons. The van der Waals surface area contributed by atoms with Crippen molar-refractivity contribution in [2.45, 2.75) is 19.0 Å². The van der Waals surface area contributed by atoms with Gasteiger partial charge in [-0.1, -0.05) is 29.4 Å². The second-order valence-electron chi connectivity index (χ2n) is 6.96. The van der Waals surface area contributed by atoms with E-state index in [0.29, 0.717) is 29.0 Å². The van der Waals surface area contributed by atoms with Crippen molar-refractivity contribution < 1.29 is 18.4 Å². The van der Waals surface area contributed by atoms with Crippen molar-refractivity contribution in [1.29, 1.82) is 0 Å². The van der Waals surface area contributed by atoms with E-state index in [1.807, 2.05) is 30.3 Å². The Balaban J connectivity index is 1.62. The Labute approximate surface area is 168 Å². The number of benzene rings is 1. The van der Waals surface area contributed by atoms with Gasteiger partial charge in [0.2, 0.25) is 0 Å². The summed E-state index contributed by atoms with van der Waals surface area (Å²) in [5.74, 6) is 0.0774. The topological polar surface area (TPSA) is 76.2 Å². The quantitative estimate of drug-likeness (QED) is 0.387. The summed E-state index contributed by atoms with van der Waals surface area (Å²) in [7, 11) is 0. The van der Waals surface area contributed by atoms with Crippen molar-refractivity contribution >= 4 is 16.6 Å². The van der Waals surface area contributed by atoms with Crippen molar-refractivity contribution in [3.63, 3.8) is 0 Å². The molecule has 4 aromatic rings. The number of aromatic nitrogens is 4. The largest absolute Gasteiger partial charge is 0.433 e. The number of alkyl halides is 3. The van der Waals surface area contributed by atoms with Crippen molar-refractivity contribution in [3.05, 3.63) is 71.7 Å². The molecule has 1 N–H and O–H groups in total. The van der Waals surface area contributed by atoms with Gasteiger partial charge in [-0.2, -0.15) is 18.3 Å². The highest BCUT2D eigenvalue weighted by molar-refractivity contribution is 6.03. The molecular formula is C21H14F3N5O. The molecule has 0 unspecified atom stereocenters. The molecule has 1 aliphatic rings. The van der Waals surface area contributed by atoms with E-state index >= 15 is 0 Å². The average Bonchev–Trinajstić information content (AvgIpc) is 3.36. The van der Waals surface area contributed by atoms with Gasteiger partial charge in [0, 0.05) is 10.9 Å². The molecule has 0 saturated carbocycles. The Bertz CT molecular complexity index is 1310. The number of nitrogens with zero attached hydrogens (tertiary/aromatic N) is 5. The summed E-state index contributed by atoms with van der Waals surface area (Å²) in [5, 5.41) is 17.5. The molecule has 3 aromatic heterocycles. The second-order valence-corrected chi connectivity index (χ2v) is 6.96. The van der Waals surface area contributed by atoms with Crippen LogP contribution in [0.15, 0.2) is 59.9 Å². The fraction of sp³-hybridized carbons (Fsp3) is 0.143. The van der Waals surface area contributed by atoms with Crippen LogP contribution < -0.4 is 0 Å². The maximum atomic E-state index is 13.1. The first-order chi connectivity index (χ1) is 14.4. The molecular weight excluding hydrogens is 395 g/mol. The monoisotopic (exact) mass is 409 g/mol. The van der Waals surface area contributed by atoms with Crippen LogP contribution in [-0.4, -0.2) is 30.7 Å². The van der Waals surface area contributed by atoms with Crippen molar-refractivity contribution in [2.75, 3.05) is 0 Å². The summed E-state index contributed by atoms with van der Waals surface area (Å²) in [6, 6.07) is 13.0. The predicted octanol–water partition coefficient (Wildman–Crippen LogP) is 4.63. The minimum absolute atomic E-state index is 0.0774. The zero-order valence-electron chi connectivity index (χ0n) is 15.4. The molecule has 0 atom stereocenters. The summed E-state index contributed by atoms with van der Waals surface area (Å²) < 4.78 is 40.5. The van der Waals surface area contributed by atoms with E-state index in [4.69, 9.17) is 0 Å². The maximum Gasteiger partial charge on any atom is 0.433 e. The van der Waals surface area contributed by atoms with Crippen LogP contribution in [0.1, 0.15) is 23.4 Å². The highest BCUT2D eigenvalue weighted by Crippen LogP contribution is 2.30. The van der Waals surface area contributed by atoms with E-state index in [1.165, 1.54) is 16.8 Å². The van der Waals surface area contributed by atoms with E-state index in [0.717, 1.165) is 29.0 Å². The Morgan fingerprint density at radius 2 is 1.87 bits per heavy atom. The Kier molecular flexibility index (Phi) is 4.05. The lowest BCUT2D eigenvalue weighted by molar-refractivity contribution is -0.141. The van der Waals surface area contributed by atoms with Gasteiger partial charge >= 0.3 is 6.18 Å². The van der Waals surface area contributed by atoms with E-state index in [1.54, 1.807) is 6.20 Å². The van der Waals surface area contributed by atoms with Crippen LogP contribution >= 0.6 is 0 Å². The van der Waals surface area contributed by atoms with Gasteiger partial charge in [-0.15, -0.1) is 0 Å². The summed E-state index contributed by atoms with van der Waals surface area (Å²) in [6.07, 6.45) is -1.55. The van der Waals surface area contributed by atoms with Gasteiger partial charge in [0.1, 0.15) is 11.4 Å². The molecule has 0 saturated heterocycles. The van der Waals surface area contributed by atoms with E-state index < -0.39 is 11.9 Å². The van der Waals surface area contributed by atoms with Gasteiger partial charge in [-0.05, 0) is 42.7 Å². The molecule has 6 nitrogen and oxygen atoms in total. The van der Waals surface area contributed by atoms with Crippen molar-refractivity contribution in [3.8, 4) is 17.1 Å². The normalized spacial score (nSPS) is 15.1. The van der Waals surface area contributed by atoms with Gasteiger partial charge in [0.25, 0.3) is 0 Å². The van der Waals surface area contributed by atoms with Gasteiger partial charge < -0.3 is 5.21 Å². The minimum atomic E-state index is -4.54. The SMILES string of the molecule is O/N=C1\CCc2ccc(-c3ccc4cnn(-c5cccc(C(F)(F)F)n5)c4c3)nc21. The van der Waals surface area contributed by atoms with Gasteiger partial charge in [0.15, 0.2) is 5.82 Å². The first-order valence-corrected chi connectivity index (χ1v) is 9.18. The third-order valence-corrected chi connectivity index (χ3v) is 5.11. The Morgan fingerprint density at radius 1 is 1.00 bits per heavy atom. The molecule has 0 spiro atoms. The lowest BCUT2D eigenvalue weighted by Gasteiger charge is -2.09. The molecule has 0 fully saturated rings. The van der Waals surface area contributed by atoms with Gasteiger partial charge in [0.05, 0.1) is 23.1 Å². The zero-order chi connectivity index (χ0) is 20.9. The number of oxime groups is 1. The first-order valence-electron chi connectivity index (χ1n) is 9.18. The third kappa shape index (κ3) is 2.99. The molecule has 1 aromatic carbocycles. The molecule has 5 rings (SSSR count). The zero-order valence-corrected chi connectivity index (χ0v) is 15.4. The van der Waals surface area contributed by atoms with Crippen LogP contribution in [0, 0.1) is 0 Å². The number of hydrogen-bond acceptors (Lipinski definition) is 5. The highest BCUT2D eigenvalue weighted by atomic mass is 19.4. The third-order valence-electron chi connectivity index (χ3n) is 5.11. The van der Waals surface area contributed by atoms with Crippen molar-refractivity contribution in [1.82, 2.24) is 19.7 Å².